The van der Waals surface area contributed by atoms with Crippen molar-refractivity contribution in [2.24, 2.45) is 0 Å². The number of nitrogens with two attached hydrogens (primary N) is 1. The Bertz CT molecular complexity index is 535. The quantitative estimate of drug-likeness (QED) is 0.839. The summed E-state index contributed by atoms with van der Waals surface area (Å²) in [5.74, 6) is -0.776. The van der Waals surface area contributed by atoms with Crippen LogP contribution in [0.25, 0.3) is 0 Å². The third-order valence-electron chi connectivity index (χ3n) is 2.68. The smallest absolute Gasteiger partial charge is 0.146 e. The molecule has 2 N–H and O–H groups in total. The van der Waals surface area contributed by atoms with Gasteiger partial charge in [0.25, 0.3) is 0 Å². The second-order valence-corrected chi connectivity index (χ2v) is 3.94. The van der Waals surface area contributed by atoms with Crippen LogP contribution in [0.4, 0.5) is 25.8 Å². The predicted molar refractivity (Wildman–Crippen MR) is 69.9 cm³/mol. The zero-order chi connectivity index (χ0) is 13.1. The fourth-order valence-electron chi connectivity index (χ4n) is 1.91. The number of para-hydroxylation sites is 1. The molecule has 0 saturated carbocycles. The van der Waals surface area contributed by atoms with Crippen molar-refractivity contribution in [2.45, 2.75) is 6.92 Å². The summed E-state index contributed by atoms with van der Waals surface area (Å²) in [4.78, 5) is 1.68. The minimum absolute atomic E-state index is 0.319. The van der Waals surface area contributed by atoms with E-state index in [0.717, 1.165) is 0 Å². The Hall–Kier alpha value is -2.10. The molecule has 0 heterocycles. The molecule has 0 aliphatic carbocycles. The SMILES string of the molecule is CCN(c1cc(N)cc(F)c1)c1ccccc1F. The van der Waals surface area contributed by atoms with Crippen LogP contribution in [0.1, 0.15) is 6.92 Å². The van der Waals surface area contributed by atoms with Crippen molar-refractivity contribution in [3.8, 4) is 0 Å². The molecule has 0 aliphatic rings. The third-order valence-corrected chi connectivity index (χ3v) is 2.68. The van der Waals surface area contributed by atoms with E-state index in [0.29, 0.717) is 23.6 Å². The molecule has 0 amide bonds. The molecule has 0 fully saturated rings. The van der Waals surface area contributed by atoms with Crippen LogP contribution in [0.2, 0.25) is 0 Å². The number of halogens is 2. The molecule has 4 heteroatoms. The van der Waals surface area contributed by atoms with E-state index in [2.05, 4.69) is 0 Å². The molecule has 2 rings (SSSR count). The molecule has 0 aromatic heterocycles. The van der Waals surface area contributed by atoms with Crippen molar-refractivity contribution in [1.82, 2.24) is 0 Å². The first-order valence-electron chi connectivity index (χ1n) is 5.70. The molecule has 0 radical (unpaired) electrons. The maximum absolute atomic E-state index is 13.7. The summed E-state index contributed by atoms with van der Waals surface area (Å²) >= 11 is 0. The number of nitrogen functional groups attached to an aromatic ring is 1. The Morgan fingerprint density at radius 3 is 2.44 bits per heavy atom. The fraction of sp³-hybridized carbons (Fsp3) is 0.143. The van der Waals surface area contributed by atoms with E-state index in [4.69, 9.17) is 5.73 Å². The van der Waals surface area contributed by atoms with E-state index < -0.39 is 5.82 Å². The lowest BCUT2D eigenvalue weighted by Crippen LogP contribution is -2.17. The summed E-state index contributed by atoms with van der Waals surface area (Å²) in [5, 5.41) is 0. The van der Waals surface area contributed by atoms with Gasteiger partial charge in [0, 0.05) is 17.9 Å². The Balaban J connectivity index is 2.48. The molecule has 0 saturated heterocycles. The van der Waals surface area contributed by atoms with Gasteiger partial charge in [-0.2, -0.15) is 0 Å². The molecule has 0 unspecified atom stereocenters. The Labute approximate surface area is 105 Å². The summed E-state index contributed by atoms with van der Waals surface area (Å²) in [6, 6.07) is 10.6. The first-order chi connectivity index (χ1) is 8.61. The third kappa shape index (κ3) is 2.42. The van der Waals surface area contributed by atoms with E-state index in [1.165, 1.54) is 18.2 Å². The van der Waals surface area contributed by atoms with E-state index in [9.17, 15) is 8.78 Å². The van der Waals surface area contributed by atoms with Crippen LogP contribution >= 0.6 is 0 Å². The van der Waals surface area contributed by atoms with E-state index in [-0.39, 0.29) is 5.82 Å². The number of nitrogens with zero attached hydrogens (tertiary/aromatic N) is 1. The molecule has 2 aromatic rings. The normalized spacial score (nSPS) is 10.4. The predicted octanol–water partition coefficient (Wildman–Crippen LogP) is 3.71. The summed E-state index contributed by atoms with van der Waals surface area (Å²) in [7, 11) is 0. The molecule has 2 aromatic carbocycles. The molecular weight excluding hydrogens is 234 g/mol. The van der Waals surface area contributed by atoms with Crippen LogP contribution in [0.5, 0.6) is 0 Å². The molecule has 0 aliphatic heterocycles. The summed E-state index contributed by atoms with van der Waals surface area (Å²) in [6.45, 7) is 2.39. The van der Waals surface area contributed by atoms with Gasteiger partial charge in [0.05, 0.1) is 5.69 Å². The lowest BCUT2D eigenvalue weighted by molar-refractivity contribution is 0.622. The van der Waals surface area contributed by atoms with Gasteiger partial charge in [-0.05, 0) is 37.3 Å². The van der Waals surface area contributed by atoms with Crippen LogP contribution in [-0.2, 0) is 0 Å². The van der Waals surface area contributed by atoms with Gasteiger partial charge in [-0.15, -0.1) is 0 Å². The van der Waals surface area contributed by atoms with Gasteiger partial charge < -0.3 is 10.6 Å². The Kier molecular flexibility index (Phi) is 3.46. The average molecular weight is 248 g/mol. The fourth-order valence-corrected chi connectivity index (χ4v) is 1.91. The number of anilines is 3. The highest BCUT2D eigenvalue weighted by Gasteiger charge is 2.12. The van der Waals surface area contributed by atoms with E-state index >= 15 is 0 Å². The van der Waals surface area contributed by atoms with Gasteiger partial charge in [-0.25, -0.2) is 8.78 Å². The first kappa shape index (κ1) is 12.4. The maximum Gasteiger partial charge on any atom is 0.146 e. The van der Waals surface area contributed by atoms with Crippen molar-refractivity contribution in [3.63, 3.8) is 0 Å². The number of benzene rings is 2. The minimum Gasteiger partial charge on any atom is -0.399 e. The molecule has 94 valence electrons. The van der Waals surface area contributed by atoms with Crippen LogP contribution < -0.4 is 10.6 Å². The van der Waals surface area contributed by atoms with Crippen LogP contribution in [0.3, 0.4) is 0 Å². The summed E-state index contributed by atoms with van der Waals surface area (Å²) in [6.07, 6.45) is 0. The first-order valence-corrected chi connectivity index (χ1v) is 5.70. The number of hydrogen-bond donors (Lipinski definition) is 1. The maximum atomic E-state index is 13.7. The second-order valence-electron chi connectivity index (χ2n) is 3.94. The molecule has 0 spiro atoms. The lowest BCUT2D eigenvalue weighted by atomic mass is 10.2. The summed E-state index contributed by atoms with van der Waals surface area (Å²) < 4.78 is 27.1. The molecule has 0 atom stereocenters. The lowest BCUT2D eigenvalue weighted by Gasteiger charge is -2.24. The van der Waals surface area contributed by atoms with Gasteiger partial charge in [-0.1, -0.05) is 12.1 Å². The van der Waals surface area contributed by atoms with Crippen molar-refractivity contribution in [3.05, 3.63) is 54.1 Å². The molecule has 2 nitrogen and oxygen atoms in total. The zero-order valence-electron chi connectivity index (χ0n) is 10.0. The zero-order valence-corrected chi connectivity index (χ0v) is 10.0. The second kappa shape index (κ2) is 5.04. The number of hydrogen-bond acceptors (Lipinski definition) is 2. The van der Waals surface area contributed by atoms with Gasteiger partial charge in [-0.3, -0.25) is 0 Å². The van der Waals surface area contributed by atoms with E-state index in [1.54, 1.807) is 29.2 Å². The van der Waals surface area contributed by atoms with Crippen LogP contribution in [0.15, 0.2) is 42.5 Å². The average Bonchev–Trinajstić information content (AvgIpc) is 2.31. The van der Waals surface area contributed by atoms with Gasteiger partial charge in [0.2, 0.25) is 0 Å². The van der Waals surface area contributed by atoms with Crippen LogP contribution in [-0.4, -0.2) is 6.54 Å². The molecule has 0 bridgehead atoms. The largest absolute Gasteiger partial charge is 0.399 e. The highest BCUT2D eigenvalue weighted by molar-refractivity contribution is 5.67. The van der Waals surface area contributed by atoms with Crippen molar-refractivity contribution in [1.29, 1.82) is 0 Å². The molecule has 18 heavy (non-hydrogen) atoms. The van der Waals surface area contributed by atoms with E-state index in [1.807, 2.05) is 6.92 Å². The standard InChI is InChI=1S/C14H14F2N2/c1-2-18(14-6-4-3-5-13(14)16)12-8-10(15)7-11(17)9-12/h3-9H,2,17H2,1H3. The highest BCUT2D eigenvalue weighted by atomic mass is 19.1. The monoisotopic (exact) mass is 248 g/mol. The minimum atomic E-state index is -0.431. The Morgan fingerprint density at radius 1 is 1.11 bits per heavy atom. The number of rotatable bonds is 3. The van der Waals surface area contributed by atoms with Crippen molar-refractivity contribution < 1.29 is 8.78 Å². The van der Waals surface area contributed by atoms with Gasteiger partial charge in [0.15, 0.2) is 0 Å². The van der Waals surface area contributed by atoms with Gasteiger partial charge >= 0.3 is 0 Å². The van der Waals surface area contributed by atoms with Crippen molar-refractivity contribution in [2.75, 3.05) is 17.2 Å². The van der Waals surface area contributed by atoms with Crippen molar-refractivity contribution >= 4 is 17.1 Å². The Morgan fingerprint density at radius 2 is 1.83 bits per heavy atom. The highest BCUT2D eigenvalue weighted by Crippen LogP contribution is 2.29. The summed E-state index contributed by atoms with van der Waals surface area (Å²) in [5.41, 5.74) is 6.88. The topological polar surface area (TPSA) is 29.3 Å². The van der Waals surface area contributed by atoms with Gasteiger partial charge in [0.1, 0.15) is 11.6 Å². The molecular formula is C14H14F2N2. The van der Waals surface area contributed by atoms with Crippen LogP contribution in [0, 0.1) is 11.6 Å².